The van der Waals surface area contributed by atoms with E-state index in [-0.39, 0.29) is 11.9 Å². The van der Waals surface area contributed by atoms with Gasteiger partial charge in [-0.2, -0.15) is 0 Å². The first-order valence-corrected chi connectivity index (χ1v) is 6.25. The van der Waals surface area contributed by atoms with Crippen LogP contribution in [0.15, 0.2) is 0 Å². The average Bonchev–Trinajstić information content (AvgIpc) is 2.25. The Morgan fingerprint density at radius 2 is 2.12 bits per heavy atom. The van der Waals surface area contributed by atoms with Crippen molar-refractivity contribution in [1.82, 2.24) is 10.2 Å². The highest BCUT2D eigenvalue weighted by molar-refractivity contribution is 7.80. The van der Waals surface area contributed by atoms with Gasteiger partial charge in [-0.1, -0.05) is 32.5 Å². The number of urea groups is 1. The topological polar surface area (TPSA) is 58.4 Å². The van der Waals surface area contributed by atoms with Crippen molar-refractivity contribution in [2.45, 2.75) is 33.6 Å². The van der Waals surface area contributed by atoms with Crippen molar-refractivity contribution in [2.75, 3.05) is 19.6 Å². The molecule has 0 aliphatic rings. The van der Waals surface area contributed by atoms with Gasteiger partial charge in [-0.05, 0) is 13.3 Å². The second kappa shape index (κ2) is 8.33. The number of thiocarbonyl (C=S) groups is 1. The zero-order valence-electron chi connectivity index (χ0n) is 10.5. The Morgan fingerprint density at radius 3 is 2.56 bits per heavy atom. The van der Waals surface area contributed by atoms with Crippen molar-refractivity contribution in [1.29, 1.82) is 0 Å². The number of hydrogen-bond donors (Lipinski definition) is 2. The summed E-state index contributed by atoms with van der Waals surface area (Å²) in [5.41, 5.74) is 5.53. The minimum Gasteiger partial charge on any atom is -0.393 e. The molecule has 3 N–H and O–H groups in total. The molecule has 0 bridgehead atoms. The summed E-state index contributed by atoms with van der Waals surface area (Å²) in [4.78, 5) is 13.9. The van der Waals surface area contributed by atoms with E-state index in [9.17, 15) is 4.79 Å². The van der Waals surface area contributed by atoms with Gasteiger partial charge >= 0.3 is 6.03 Å². The summed E-state index contributed by atoms with van der Waals surface area (Å²) in [6, 6.07) is -0.0287. The van der Waals surface area contributed by atoms with Crippen molar-refractivity contribution < 1.29 is 4.79 Å². The Labute approximate surface area is 104 Å². The molecule has 1 atom stereocenters. The van der Waals surface area contributed by atoms with Crippen LogP contribution in [-0.2, 0) is 0 Å². The fraction of sp³-hybridized carbons (Fsp3) is 0.818. The van der Waals surface area contributed by atoms with E-state index >= 15 is 0 Å². The van der Waals surface area contributed by atoms with Gasteiger partial charge in [0, 0.05) is 25.6 Å². The van der Waals surface area contributed by atoms with Gasteiger partial charge in [0.05, 0.1) is 4.99 Å². The lowest BCUT2D eigenvalue weighted by Gasteiger charge is -2.24. The molecule has 0 aliphatic carbocycles. The highest BCUT2D eigenvalue weighted by atomic mass is 32.1. The molecule has 1 unspecified atom stereocenters. The maximum absolute atomic E-state index is 11.7. The van der Waals surface area contributed by atoms with Gasteiger partial charge in [0.2, 0.25) is 0 Å². The van der Waals surface area contributed by atoms with Gasteiger partial charge in [-0.3, -0.25) is 0 Å². The molecule has 0 aromatic rings. The zero-order valence-corrected chi connectivity index (χ0v) is 11.3. The summed E-state index contributed by atoms with van der Waals surface area (Å²) in [5.74, 6) is 0.0619. The van der Waals surface area contributed by atoms with Gasteiger partial charge in [-0.15, -0.1) is 0 Å². The van der Waals surface area contributed by atoms with Crippen LogP contribution in [0.3, 0.4) is 0 Å². The molecule has 0 aromatic heterocycles. The quantitative estimate of drug-likeness (QED) is 0.530. The molecule has 0 saturated carbocycles. The van der Waals surface area contributed by atoms with Crippen LogP contribution >= 0.6 is 12.2 Å². The van der Waals surface area contributed by atoms with Crippen molar-refractivity contribution in [2.24, 2.45) is 11.7 Å². The molecule has 0 radical (unpaired) electrons. The summed E-state index contributed by atoms with van der Waals surface area (Å²) in [6.45, 7) is 7.97. The number of nitrogens with zero attached hydrogens (tertiary/aromatic N) is 1. The van der Waals surface area contributed by atoms with Crippen LogP contribution in [0, 0.1) is 5.92 Å². The number of carbonyl (C=O) groups is 1. The highest BCUT2D eigenvalue weighted by Gasteiger charge is 2.15. The predicted molar refractivity (Wildman–Crippen MR) is 71.5 cm³/mol. The average molecular weight is 245 g/mol. The number of nitrogens with one attached hydrogen (secondary N) is 1. The third-order valence-electron chi connectivity index (χ3n) is 2.46. The zero-order chi connectivity index (χ0) is 12.6. The van der Waals surface area contributed by atoms with Crippen LogP contribution in [0.1, 0.15) is 33.6 Å². The maximum atomic E-state index is 11.7. The Hall–Kier alpha value is -0.840. The van der Waals surface area contributed by atoms with Gasteiger partial charge in [0.1, 0.15) is 0 Å². The molecule has 4 nitrogen and oxygen atoms in total. The highest BCUT2D eigenvalue weighted by Crippen LogP contribution is 2.01. The van der Waals surface area contributed by atoms with Gasteiger partial charge < -0.3 is 16.0 Å². The number of amides is 2. The Kier molecular flexibility index (Phi) is 7.89. The molecule has 94 valence electrons. The number of hydrogen-bond acceptors (Lipinski definition) is 2. The van der Waals surface area contributed by atoms with E-state index in [1.807, 2.05) is 13.8 Å². The third-order valence-corrected chi connectivity index (χ3v) is 2.86. The van der Waals surface area contributed by atoms with Crippen molar-refractivity contribution in [3.63, 3.8) is 0 Å². The van der Waals surface area contributed by atoms with Gasteiger partial charge in [-0.25, -0.2) is 4.79 Å². The van der Waals surface area contributed by atoms with Crippen LogP contribution in [-0.4, -0.2) is 35.6 Å². The van der Waals surface area contributed by atoms with E-state index in [4.69, 9.17) is 18.0 Å². The number of nitrogens with two attached hydrogens (primary N) is 1. The number of unbranched alkanes of at least 4 members (excludes halogenated alkanes) is 1. The standard InChI is InChI=1S/C11H23N3OS/c1-4-6-7-13-11(15)14(5-2)8-9(3)10(12)16/h9H,4-8H2,1-3H3,(H2,12,16)(H,13,15). The fourth-order valence-corrected chi connectivity index (χ4v) is 1.33. The van der Waals surface area contributed by atoms with Crippen LogP contribution in [0.2, 0.25) is 0 Å². The molecule has 0 fully saturated rings. The molecule has 0 rings (SSSR count). The van der Waals surface area contributed by atoms with E-state index in [1.54, 1.807) is 4.90 Å². The van der Waals surface area contributed by atoms with E-state index in [1.165, 1.54) is 0 Å². The molecule has 5 heteroatoms. The molecule has 0 spiro atoms. The molecule has 0 saturated heterocycles. The van der Waals surface area contributed by atoms with Crippen LogP contribution in [0.5, 0.6) is 0 Å². The maximum Gasteiger partial charge on any atom is 0.317 e. The minimum atomic E-state index is -0.0287. The lowest BCUT2D eigenvalue weighted by molar-refractivity contribution is 0.197. The predicted octanol–water partition coefficient (Wildman–Crippen LogP) is 1.74. The van der Waals surface area contributed by atoms with E-state index in [0.29, 0.717) is 18.1 Å². The summed E-state index contributed by atoms with van der Waals surface area (Å²) in [6.07, 6.45) is 2.09. The molecule has 0 aromatic carbocycles. The lowest BCUT2D eigenvalue weighted by atomic mass is 10.2. The Morgan fingerprint density at radius 1 is 1.50 bits per heavy atom. The summed E-state index contributed by atoms with van der Waals surface area (Å²) in [7, 11) is 0. The van der Waals surface area contributed by atoms with Crippen molar-refractivity contribution in [3.05, 3.63) is 0 Å². The van der Waals surface area contributed by atoms with Crippen LogP contribution in [0.4, 0.5) is 4.79 Å². The fourth-order valence-electron chi connectivity index (χ4n) is 1.26. The largest absolute Gasteiger partial charge is 0.393 e. The normalized spacial score (nSPS) is 11.9. The Bertz CT molecular complexity index is 233. The van der Waals surface area contributed by atoms with E-state index < -0.39 is 0 Å². The van der Waals surface area contributed by atoms with Crippen LogP contribution < -0.4 is 11.1 Å². The number of rotatable bonds is 7. The van der Waals surface area contributed by atoms with E-state index in [2.05, 4.69) is 12.2 Å². The van der Waals surface area contributed by atoms with Gasteiger partial charge in [0.25, 0.3) is 0 Å². The molecule has 16 heavy (non-hydrogen) atoms. The first kappa shape index (κ1) is 15.2. The molecule has 2 amide bonds. The van der Waals surface area contributed by atoms with Crippen molar-refractivity contribution in [3.8, 4) is 0 Å². The second-order valence-electron chi connectivity index (χ2n) is 3.93. The monoisotopic (exact) mass is 245 g/mol. The molecule has 0 heterocycles. The molecular formula is C11H23N3OS. The summed E-state index contributed by atoms with van der Waals surface area (Å²) < 4.78 is 0. The molecule has 0 aliphatic heterocycles. The van der Waals surface area contributed by atoms with Gasteiger partial charge in [0.15, 0.2) is 0 Å². The molecular weight excluding hydrogens is 222 g/mol. The summed E-state index contributed by atoms with van der Waals surface area (Å²) in [5, 5.41) is 2.88. The lowest BCUT2D eigenvalue weighted by Crippen LogP contribution is -2.44. The van der Waals surface area contributed by atoms with Crippen molar-refractivity contribution >= 4 is 23.2 Å². The van der Waals surface area contributed by atoms with Crippen LogP contribution in [0.25, 0.3) is 0 Å². The minimum absolute atomic E-state index is 0.0287. The number of carbonyl (C=O) groups excluding carboxylic acids is 1. The first-order valence-electron chi connectivity index (χ1n) is 5.85. The smallest absolute Gasteiger partial charge is 0.317 e. The second-order valence-corrected chi connectivity index (χ2v) is 4.40. The summed E-state index contributed by atoms with van der Waals surface area (Å²) >= 11 is 4.90. The SMILES string of the molecule is CCCCNC(=O)N(CC)CC(C)C(N)=S. The van der Waals surface area contributed by atoms with E-state index in [0.717, 1.165) is 19.4 Å². The first-order chi connectivity index (χ1) is 7.52. The Balaban J connectivity index is 4.06. The third kappa shape index (κ3) is 5.90.